The van der Waals surface area contributed by atoms with Crippen LogP contribution in [0.15, 0.2) is 24.5 Å². The third-order valence-corrected chi connectivity index (χ3v) is 3.96. The summed E-state index contributed by atoms with van der Waals surface area (Å²) in [6, 6.07) is 2.30. The standard InChI is InChI=1S/C16H15F3N4O5/c1-21(8-14-20-2-3-22(14)9-16(17,18)19)15(24)10-6-12-13(28-5-4-27-12)7-11(10)23(25)26/h2-3,6-7H,4-5,8-9H2,1H3. The molecule has 1 amide bonds. The Kier molecular flexibility index (Phi) is 5.12. The molecule has 1 aliphatic heterocycles. The minimum Gasteiger partial charge on any atom is -0.486 e. The van der Waals surface area contributed by atoms with Crippen LogP contribution in [-0.2, 0) is 13.1 Å². The molecule has 12 heteroatoms. The van der Waals surface area contributed by atoms with Crippen molar-refractivity contribution >= 4 is 11.6 Å². The highest BCUT2D eigenvalue weighted by molar-refractivity contribution is 5.98. The molecule has 28 heavy (non-hydrogen) atoms. The topological polar surface area (TPSA) is 99.7 Å². The molecular weight excluding hydrogens is 385 g/mol. The van der Waals surface area contributed by atoms with Crippen molar-refractivity contribution in [3.05, 3.63) is 46.0 Å². The van der Waals surface area contributed by atoms with E-state index in [4.69, 9.17) is 9.47 Å². The summed E-state index contributed by atoms with van der Waals surface area (Å²) >= 11 is 0. The maximum atomic E-state index is 12.7. The Labute approximate surface area is 156 Å². The molecule has 1 aromatic carbocycles. The number of rotatable bonds is 5. The van der Waals surface area contributed by atoms with Crippen molar-refractivity contribution in [3.63, 3.8) is 0 Å². The van der Waals surface area contributed by atoms with E-state index in [1.807, 2.05) is 0 Å². The highest BCUT2D eigenvalue weighted by atomic mass is 19.4. The van der Waals surface area contributed by atoms with Crippen molar-refractivity contribution in [2.75, 3.05) is 20.3 Å². The van der Waals surface area contributed by atoms with Crippen LogP contribution >= 0.6 is 0 Å². The van der Waals surface area contributed by atoms with Crippen molar-refractivity contribution < 1.29 is 32.4 Å². The lowest BCUT2D eigenvalue weighted by Gasteiger charge is -2.21. The Bertz CT molecular complexity index is 912. The second-order valence-electron chi connectivity index (χ2n) is 6.02. The van der Waals surface area contributed by atoms with Gasteiger partial charge in [-0.1, -0.05) is 0 Å². The average Bonchev–Trinajstić information content (AvgIpc) is 3.04. The number of hydrogen-bond acceptors (Lipinski definition) is 6. The fourth-order valence-electron chi connectivity index (χ4n) is 2.72. The summed E-state index contributed by atoms with van der Waals surface area (Å²) in [4.78, 5) is 28.3. The van der Waals surface area contributed by atoms with Crippen LogP contribution in [0, 0.1) is 10.1 Å². The number of imidazole rings is 1. The summed E-state index contributed by atoms with van der Waals surface area (Å²) < 4.78 is 49.4. The van der Waals surface area contributed by atoms with E-state index in [9.17, 15) is 28.1 Å². The van der Waals surface area contributed by atoms with Crippen LogP contribution in [0.25, 0.3) is 0 Å². The third-order valence-electron chi connectivity index (χ3n) is 3.96. The van der Waals surface area contributed by atoms with Gasteiger partial charge in [0.1, 0.15) is 31.1 Å². The summed E-state index contributed by atoms with van der Waals surface area (Å²) in [5.41, 5.74) is -0.745. The highest BCUT2D eigenvalue weighted by Crippen LogP contribution is 2.37. The molecule has 1 aliphatic rings. The Morgan fingerprint density at radius 3 is 2.57 bits per heavy atom. The van der Waals surface area contributed by atoms with Crippen LogP contribution in [0.2, 0.25) is 0 Å². The molecule has 0 radical (unpaired) electrons. The largest absolute Gasteiger partial charge is 0.486 e. The second kappa shape index (κ2) is 7.37. The number of nitrogens with zero attached hydrogens (tertiary/aromatic N) is 4. The molecule has 1 aromatic heterocycles. The average molecular weight is 400 g/mol. The zero-order chi connectivity index (χ0) is 20.5. The first kappa shape index (κ1) is 19.5. The Hall–Kier alpha value is -3.31. The number of amides is 1. The van der Waals surface area contributed by atoms with Crippen LogP contribution in [0.1, 0.15) is 16.2 Å². The summed E-state index contributed by atoms with van der Waals surface area (Å²) in [7, 11) is 1.31. The monoisotopic (exact) mass is 400 g/mol. The molecule has 0 aliphatic carbocycles. The van der Waals surface area contributed by atoms with E-state index in [1.165, 1.54) is 19.3 Å². The molecule has 0 bridgehead atoms. The number of nitro benzene ring substituents is 1. The smallest absolute Gasteiger partial charge is 0.406 e. The molecule has 0 fully saturated rings. The number of aromatic nitrogens is 2. The number of nitro groups is 1. The van der Waals surface area contributed by atoms with E-state index < -0.39 is 29.2 Å². The first-order valence-corrected chi connectivity index (χ1v) is 8.06. The van der Waals surface area contributed by atoms with Crippen molar-refractivity contribution in [1.82, 2.24) is 14.5 Å². The van der Waals surface area contributed by atoms with Gasteiger partial charge in [0.05, 0.1) is 17.5 Å². The summed E-state index contributed by atoms with van der Waals surface area (Å²) in [5, 5.41) is 11.4. The summed E-state index contributed by atoms with van der Waals surface area (Å²) in [6.07, 6.45) is -2.12. The molecular formula is C16H15F3N4O5. The number of carbonyl (C=O) groups is 1. The lowest BCUT2D eigenvalue weighted by atomic mass is 10.1. The van der Waals surface area contributed by atoms with Gasteiger partial charge in [-0.05, 0) is 0 Å². The van der Waals surface area contributed by atoms with Gasteiger partial charge in [0.25, 0.3) is 11.6 Å². The van der Waals surface area contributed by atoms with E-state index in [1.54, 1.807) is 0 Å². The van der Waals surface area contributed by atoms with Crippen LogP contribution in [0.5, 0.6) is 11.5 Å². The number of benzene rings is 1. The van der Waals surface area contributed by atoms with Gasteiger partial charge in [-0.2, -0.15) is 13.2 Å². The zero-order valence-electron chi connectivity index (χ0n) is 14.6. The highest BCUT2D eigenvalue weighted by Gasteiger charge is 2.31. The number of carbonyl (C=O) groups excluding carboxylic acids is 1. The van der Waals surface area contributed by atoms with Gasteiger partial charge in [0.15, 0.2) is 11.5 Å². The third kappa shape index (κ3) is 4.15. The number of ether oxygens (including phenoxy) is 2. The number of alkyl halides is 3. The number of hydrogen-bond donors (Lipinski definition) is 0. The molecule has 0 saturated carbocycles. The Morgan fingerprint density at radius 1 is 1.32 bits per heavy atom. The maximum Gasteiger partial charge on any atom is 0.406 e. The normalized spacial score (nSPS) is 13.3. The van der Waals surface area contributed by atoms with Crippen LogP contribution in [-0.4, -0.2) is 51.7 Å². The fraction of sp³-hybridized carbons (Fsp3) is 0.375. The van der Waals surface area contributed by atoms with E-state index in [-0.39, 0.29) is 42.6 Å². The number of halogens is 3. The molecule has 2 heterocycles. The first-order chi connectivity index (χ1) is 13.2. The van der Waals surface area contributed by atoms with Crippen molar-refractivity contribution in [3.8, 4) is 11.5 Å². The molecule has 3 rings (SSSR count). The summed E-state index contributed by atoms with van der Waals surface area (Å²) in [6.45, 7) is -1.08. The molecule has 0 atom stereocenters. The lowest BCUT2D eigenvalue weighted by molar-refractivity contribution is -0.385. The Morgan fingerprint density at radius 2 is 1.96 bits per heavy atom. The maximum absolute atomic E-state index is 12.7. The van der Waals surface area contributed by atoms with Gasteiger partial charge < -0.3 is 18.9 Å². The quantitative estimate of drug-likeness (QED) is 0.565. The van der Waals surface area contributed by atoms with Gasteiger partial charge in [-0.15, -0.1) is 0 Å². The molecule has 2 aromatic rings. The molecule has 0 saturated heterocycles. The second-order valence-corrected chi connectivity index (χ2v) is 6.02. The number of fused-ring (bicyclic) bond motifs is 1. The zero-order valence-corrected chi connectivity index (χ0v) is 14.6. The molecule has 150 valence electrons. The van der Waals surface area contributed by atoms with E-state index in [2.05, 4.69) is 4.98 Å². The molecule has 0 spiro atoms. The predicted molar refractivity (Wildman–Crippen MR) is 88.2 cm³/mol. The molecule has 0 unspecified atom stereocenters. The van der Waals surface area contributed by atoms with E-state index in [0.29, 0.717) is 0 Å². The van der Waals surface area contributed by atoms with Gasteiger partial charge in [-0.3, -0.25) is 14.9 Å². The Balaban J connectivity index is 1.86. The van der Waals surface area contributed by atoms with Gasteiger partial charge in [-0.25, -0.2) is 4.98 Å². The van der Waals surface area contributed by atoms with Gasteiger partial charge in [0, 0.05) is 25.5 Å². The predicted octanol–water partition coefficient (Wildman–Crippen LogP) is 2.40. The van der Waals surface area contributed by atoms with E-state index in [0.717, 1.165) is 21.7 Å². The van der Waals surface area contributed by atoms with Gasteiger partial charge in [0.2, 0.25) is 0 Å². The van der Waals surface area contributed by atoms with Crippen LogP contribution in [0.3, 0.4) is 0 Å². The fourth-order valence-corrected chi connectivity index (χ4v) is 2.72. The van der Waals surface area contributed by atoms with E-state index >= 15 is 0 Å². The van der Waals surface area contributed by atoms with Crippen molar-refractivity contribution in [2.45, 2.75) is 19.3 Å². The minimum atomic E-state index is -4.45. The SMILES string of the molecule is CN(Cc1nccn1CC(F)(F)F)C(=O)c1cc2c(cc1[N+](=O)[O-])OCCO2. The first-order valence-electron chi connectivity index (χ1n) is 8.06. The van der Waals surface area contributed by atoms with Crippen molar-refractivity contribution in [2.24, 2.45) is 0 Å². The minimum absolute atomic E-state index is 0.00614. The molecule has 0 N–H and O–H groups in total. The lowest BCUT2D eigenvalue weighted by Crippen LogP contribution is -2.29. The van der Waals surface area contributed by atoms with Crippen molar-refractivity contribution in [1.29, 1.82) is 0 Å². The summed E-state index contributed by atoms with van der Waals surface area (Å²) in [5.74, 6) is -0.427. The van der Waals surface area contributed by atoms with Crippen LogP contribution in [0.4, 0.5) is 18.9 Å². The molecule has 9 nitrogen and oxygen atoms in total. The van der Waals surface area contributed by atoms with Crippen LogP contribution < -0.4 is 9.47 Å². The van der Waals surface area contributed by atoms with Gasteiger partial charge >= 0.3 is 6.18 Å².